The van der Waals surface area contributed by atoms with Gasteiger partial charge in [-0.15, -0.1) is 0 Å². The van der Waals surface area contributed by atoms with Gasteiger partial charge in [-0.3, -0.25) is 9.59 Å². The number of aryl methyl sites for hydroxylation is 1. The first-order chi connectivity index (χ1) is 14.6. The second-order valence-electron chi connectivity index (χ2n) is 7.57. The van der Waals surface area contributed by atoms with Crippen molar-refractivity contribution in [3.05, 3.63) is 58.9 Å². The largest absolute Gasteiger partial charge is 0.493 e. The molecule has 0 bridgehead atoms. The summed E-state index contributed by atoms with van der Waals surface area (Å²) < 4.78 is 45.5. The number of carbonyl (C=O) groups is 2. The number of rotatable bonds is 9. The Morgan fingerprint density at radius 2 is 1.81 bits per heavy atom. The predicted octanol–water partition coefficient (Wildman–Crippen LogP) is 5.18. The van der Waals surface area contributed by atoms with Crippen LogP contribution in [0.15, 0.2) is 30.3 Å². The molecule has 2 aromatic rings. The molecule has 0 aliphatic carbocycles. The molecular weight excluding hydrogens is 409 g/mol. The van der Waals surface area contributed by atoms with E-state index in [-0.39, 0.29) is 24.5 Å². The maximum Gasteiger partial charge on any atom is 0.255 e. The standard InChI is InChI=1S/C23H27F3N2O3.H2/c1-5-8-28(16(4)29)12-14(2)13-31-21-7-6-17(9-15(21)3)23(30)27-18-10-19(24)22(26)20(25)11-18;/h6-7,9-11,14H,5,8,12-13H2,1-4H3,(H,27,30);1H. The Kier molecular flexibility index (Phi) is 8.47. The number of ether oxygens (including phenoxy) is 1. The number of hydrogen-bond acceptors (Lipinski definition) is 3. The highest BCUT2D eigenvalue weighted by Gasteiger charge is 2.16. The summed E-state index contributed by atoms with van der Waals surface area (Å²) in [5, 5.41) is 2.34. The molecule has 170 valence electrons. The zero-order valence-electron chi connectivity index (χ0n) is 18.1. The minimum atomic E-state index is -1.59. The summed E-state index contributed by atoms with van der Waals surface area (Å²) in [7, 11) is 0. The van der Waals surface area contributed by atoms with E-state index in [1.54, 1.807) is 30.9 Å². The highest BCUT2D eigenvalue weighted by atomic mass is 19.2. The van der Waals surface area contributed by atoms with E-state index in [2.05, 4.69) is 5.32 Å². The summed E-state index contributed by atoms with van der Waals surface area (Å²) in [6.45, 7) is 9.01. The molecule has 0 fully saturated rings. The van der Waals surface area contributed by atoms with Crippen LogP contribution in [0, 0.1) is 30.3 Å². The van der Waals surface area contributed by atoms with E-state index in [9.17, 15) is 22.8 Å². The van der Waals surface area contributed by atoms with Crippen molar-refractivity contribution in [1.82, 2.24) is 4.90 Å². The van der Waals surface area contributed by atoms with Crippen molar-refractivity contribution in [3.8, 4) is 5.75 Å². The topological polar surface area (TPSA) is 58.6 Å². The van der Waals surface area contributed by atoms with Crippen LogP contribution in [0.4, 0.5) is 18.9 Å². The highest BCUT2D eigenvalue weighted by molar-refractivity contribution is 6.04. The summed E-state index contributed by atoms with van der Waals surface area (Å²) in [4.78, 5) is 25.8. The van der Waals surface area contributed by atoms with Gasteiger partial charge in [-0.25, -0.2) is 13.2 Å². The molecule has 0 saturated carbocycles. The van der Waals surface area contributed by atoms with Crippen LogP contribution in [0.1, 0.15) is 44.5 Å². The third-order valence-corrected chi connectivity index (χ3v) is 4.67. The SMILES string of the molecule is CCCN(CC(C)COc1ccc(C(=O)Nc2cc(F)c(F)c(F)c2)cc1C)C(C)=O.[HH]. The van der Waals surface area contributed by atoms with Gasteiger partial charge in [0.2, 0.25) is 5.91 Å². The maximum atomic E-state index is 13.3. The molecule has 1 unspecified atom stereocenters. The second-order valence-corrected chi connectivity index (χ2v) is 7.57. The van der Waals surface area contributed by atoms with Gasteiger partial charge in [-0.2, -0.15) is 0 Å². The smallest absolute Gasteiger partial charge is 0.255 e. The highest BCUT2D eigenvalue weighted by Crippen LogP contribution is 2.22. The maximum absolute atomic E-state index is 13.3. The lowest BCUT2D eigenvalue weighted by molar-refractivity contribution is -0.129. The van der Waals surface area contributed by atoms with Crippen molar-refractivity contribution in [2.75, 3.05) is 25.0 Å². The van der Waals surface area contributed by atoms with Gasteiger partial charge < -0.3 is 15.0 Å². The molecule has 0 aliphatic rings. The van der Waals surface area contributed by atoms with E-state index in [1.165, 1.54) is 6.07 Å². The average molecular weight is 438 g/mol. The van der Waals surface area contributed by atoms with E-state index in [1.807, 2.05) is 13.8 Å². The van der Waals surface area contributed by atoms with Crippen LogP contribution in [0.25, 0.3) is 0 Å². The van der Waals surface area contributed by atoms with Gasteiger partial charge in [-0.1, -0.05) is 13.8 Å². The van der Waals surface area contributed by atoms with Crippen LogP contribution in [0.5, 0.6) is 5.75 Å². The monoisotopic (exact) mass is 438 g/mol. The summed E-state index contributed by atoms with van der Waals surface area (Å²) in [6, 6.07) is 6.18. The van der Waals surface area contributed by atoms with Crippen molar-refractivity contribution in [2.45, 2.75) is 34.1 Å². The van der Waals surface area contributed by atoms with Crippen molar-refractivity contribution < 1.29 is 28.9 Å². The van der Waals surface area contributed by atoms with E-state index in [0.29, 0.717) is 43.1 Å². The summed E-state index contributed by atoms with van der Waals surface area (Å²) in [5.74, 6) is -4.22. The normalized spacial score (nSPS) is 11.7. The fourth-order valence-electron chi connectivity index (χ4n) is 3.09. The molecule has 8 heteroatoms. The van der Waals surface area contributed by atoms with Crippen molar-refractivity contribution in [1.29, 1.82) is 0 Å². The minimum absolute atomic E-state index is 0. The van der Waals surface area contributed by atoms with E-state index >= 15 is 0 Å². The summed E-state index contributed by atoms with van der Waals surface area (Å²) in [5.41, 5.74) is 0.775. The number of benzene rings is 2. The van der Waals surface area contributed by atoms with Crippen LogP contribution >= 0.6 is 0 Å². The first kappa shape index (κ1) is 24.2. The molecule has 0 aromatic heterocycles. The lowest BCUT2D eigenvalue weighted by atomic mass is 10.1. The molecule has 1 atom stereocenters. The fourth-order valence-corrected chi connectivity index (χ4v) is 3.09. The number of nitrogens with one attached hydrogen (secondary N) is 1. The molecule has 1 N–H and O–H groups in total. The summed E-state index contributed by atoms with van der Waals surface area (Å²) >= 11 is 0. The quantitative estimate of drug-likeness (QED) is 0.549. The molecule has 0 aliphatic heterocycles. The van der Waals surface area contributed by atoms with Gasteiger partial charge in [0, 0.05) is 50.7 Å². The first-order valence-corrected chi connectivity index (χ1v) is 10.1. The van der Waals surface area contributed by atoms with E-state index in [0.717, 1.165) is 6.42 Å². The minimum Gasteiger partial charge on any atom is -0.493 e. The Bertz CT molecular complexity index is 933. The lowest BCUT2D eigenvalue weighted by Gasteiger charge is -2.24. The van der Waals surface area contributed by atoms with Gasteiger partial charge in [0.05, 0.1) is 6.61 Å². The number of nitrogens with zero attached hydrogens (tertiary/aromatic N) is 1. The Morgan fingerprint density at radius 1 is 1.16 bits per heavy atom. The third-order valence-electron chi connectivity index (χ3n) is 4.67. The molecule has 0 spiro atoms. The molecular formula is C23H29F3N2O3. The number of amides is 2. The van der Waals surface area contributed by atoms with Crippen LogP contribution in [-0.2, 0) is 4.79 Å². The first-order valence-electron chi connectivity index (χ1n) is 10.1. The van der Waals surface area contributed by atoms with Crippen molar-refractivity contribution >= 4 is 17.5 Å². The molecule has 0 radical (unpaired) electrons. The number of hydrogen-bond donors (Lipinski definition) is 1. The van der Waals surface area contributed by atoms with Gasteiger partial charge in [0.25, 0.3) is 5.91 Å². The van der Waals surface area contributed by atoms with Gasteiger partial charge >= 0.3 is 0 Å². The third kappa shape index (κ3) is 6.73. The Morgan fingerprint density at radius 3 is 2.35 bits per heavy atom. The molecule has 2 amide bonds. The van der Waals surface area contributed by atoms with E-state index in [4.69, 9.17) is 4.74 Å². The van der Waals surface area contributed by atoms with Gasteiger partial charge in [0.1, 0.15) is 5.75 Å². The Hall–Kier alpha value is -3.03. The molecule has 31 heavy (non-hydrogen) atoms. The Balaban J connectivity index is 0.00000512. The van der Waals surface area contributed by atoms with Gasteiger partial charge in [0.15, 0.2) is 17.5 Å². The Labute approximate surface area is 181 Å². The second kappa shape index (κ2) is 10.8. The van der Waals surface area contributed by atoms with Crippen LogP contribution in [-0.4, -0.2) is 36.4 Å². The van der Waals surface area contributed by atoms with Crippen LogP contribution in [0.3, 0.4) is 0 Å². The molecule has 0 saturated heterocycles. The fraction of sp³-hybridized carbons (Fsp3) is 0.391. The number of carbonyl (C=O) groups excluding carboxylic acids is 2. The molecule has 0 heterocycles. The number of halogens is 3. The van der Waals surface area contributed by atoms with Crippen molar-refractivity contribution in [2.24, 2.45) is 5.92 Å². The average Bonchev–Trinajstić information content (AvgIpc) is 2.70. The zero-order valence-corrected chi connectivity index (χ0v) is 18.1. The van der Waals surface area contributed by atoms with Gasteiger partial charge in [-0.05, 0) is 37.1 Å². The molecule has 2 rings (SSSR count). The molecule has 5 nitrogen and oxygen atoms in total. The summed E-state index contributed by atoms with van der Waals surface area (Å²) in [6.07, 6.45) is 0.882. The number of anilines is 1. The van der Waals surface area contributed by atoms with Crippen LogP contribution < -0.4 is 10.1 Å². The van der Waals surface area contributed by atoms with E-state index < -0.39 is 23.4 Å². The zero-order chi connectivity index (χ0) is 23.1. The predicted molar refractivity (Wildman–Crippen MR) is 115 cm³/mol. The molecule has 2 aromatic carbocycles. The van der Waals surface area contributed by atoms with Crippen LogP contribution in [0.2, 0.25) is 0 Å². The van der Waals surface area contributed by atoms with Crippen molar-refractivity contribution in [3.63, 3.8) is 0 Å². The lowest BCUT2D eigenvalue weighted by Crippen LogP contribution is -2.35.